The van der Waals surface area contributed by atoms with E-state index in [0.717, 1.165) is 42.8 Å². The van der Waals surface area contributed by atoms with Gasteiger partial charge in [-0.3, -0.25) is 9.78 Å². The van der Waals surface area contributed by atoms with Gasteiger partial charge in [-0.15, -0.1) is 0 Å². The minimum absolute atomic E-state index is 0.0349. The standard InChI is InChI=1S/C18H18N4O2/c23-18(13-7-10-24-12-13)22-8-5-14(6-9-22)20-17-11-19-15-3-1-2-4-16(15)21-17/h1-4,7,10-12,14H,5-6,8-9H2,(H,20,21). The van der Waals surface area contributed by atoms with Crippen molar-refractivity contribution >= 4 is 22.8 Å². The Morgan fingerprint density at radius 3 is 2.71 bits per heavy atom. The fraction of sp³-hybridized carbons (Fsp3) is 0.278. The number of rotatable bonds is 3. The maximum Gasteiger partial charge on any atom is 0.257 e. The summed E-state index contributed by atoms with van der Waals surface area (Å²) in [5, 5.41) is 3.44. The Labute approximate surface area is 139 Å². The molecule has 1 fully saturated rings. The molecule has 6 nitrogen and oxygen atoms in total. The molecule has 0 atom stereocenters. The first-order valence-corrected chi connectivity index (χ1v) is 8.09. The van der Waals surface area contributed by atoms with Crippen molar-refractivity contribution in [2.45, 2.75) is 18.9 Å². The van der Waals surface area contributed by atoms with Gasteiger partial charge in [-0.2, -0.15) is 0 Å². The number of amides is 1. The lowest BCUT2D eigenvalue weighted by atomic mass is 10.0. The van der Waals surface area contributed by atoms with Crippen molar-refractivity contribution in [3.05, 3.63) is 54.6 Å². The molecule has 1 N–H and O–H groups in total. The van der Waals surface area contributed by atoms with Crippen LogP contribution in [0.5, 0.6) is 0 Å². The van der Waals surface area contributed by atoms with Crippen LogP contribution >= 0.6 is 0 Å². The SMILES string of the molecule is O=C(c1ccoc1)N1CCC(Nc2cnc3ccccc3n2)CC1. The van der Waals surface area contributed by atoms with Gasteiger partial charge in [0, 0.05) is 19.1 Å². The number of carbonyl (C=O) groups is 1. The molecule has 1 aromatic carbocycles. The Bertz CT molecular complexity index is 839. The third kappa shape index (κ3) is 2.95. The van der Waals surface area contributed by atoms with Crippen molar-refractivity contribution in [1.82, 2.24) is 14.9 Å². The number of hydrogen-bond donors (Lipinski definition) is 1. The molecule has 1 amide bonds. The first kappa shape index (κ1) is 14.7. The highest BCUT2D eigenvalue weighted by Gasteiger charge is 2.24. The molecule has 4 rings (SSSR count). The van der Waals surface area contributed by atoms with Crippen LogP contribution in [0.2, 0.25) is 0 Å². The number of nitrogens with zero attached hydrogens (tertiary/aromatic N) is 3. The topological polar surface area (TPSA) is 71.3 Å². The van der Waals surface area contributed by atoms with E-state index in [1.807, 2.05) is 29.2 Å². The smallest absolute Gasteiger partial charge is 0.257 e. The molecular weight excluding hydrogens is 304 g/mol. The quantitative estimate of drug-likeness (QED) is 0.803. The maximum absolute atomic E-state index is 12.3. The molecule has 0 saturated carbocycles. The van der Waals surface area contributed by atoms with Crippen molar-refractivity contribution in [3.63, 3.8) is 0 Å². The first-order valence-electron chi connectivity index (χ1n) is 8.09. The summed E-state index contributed by atoms with van der Waals surface area (Å²) < 4.78 is 4.99. The number of furan rings is 1. The van der Waals surface area contributed by atoms with Gasteiger partial charge in [0.05, 0.1) is 29.1 Å². The summed E-state index contributed by atoms with van der Waals surface area (Å²) in [6.45, 7) is 1.45. The maximum atomic E-state index is 12.3. The van der Waals surface area contributed by atoms with Gasteiger partial charge in [0.2, 0.25) is 0 Å². The van der Waals surface area contributed by atoms with E-state index >= 15 is 0 Å². The number of anilines is 1. The van der Waals surface area contributed by atoms with Crippen LogP contribution in [0.3, 0.4) is 0 Å². The number of aromatic nitrogens is 2. The van der Waals surface area contributed by atoms with Gasteiger partial charge in [-0.05, 0) is 31.0 Å². The van der Waals surface area contributed by atoms with Gasteiger partial charge in [0.15, 0.2) is 0 Å². The number of hydrogen-bond acceptors (Lipinski definition) is 5. The van der Waals surface area contributed by atoms with E-state index in [9.17, 15) is 4.79 Å². The Hall–Kier alpha value is -2.89. The van der Waals surface area contributed by atoms with Gasteiger partial charge in [-0.25, -0.2) is 4.98 Å². The van der Waals surface area contributed by atoms with E-state index in [-0.39, 0.29) is 5.91 Å². The van der Waals surface area contributed by atoms with Crippen LogP contribution in [0.25, 0.3) is 11.0 Å². The zero-order valence-corrected chi connectivity index (χ0v) is 13.2. The number of piperidine rings is 1. The number of benzene rings is 1. The third-order valence-corrected chi connectivity index (χ3v) is 4.35. The van der Waals surface area contributed by atoms with Crippen molar-refractivity contribution in [2.24, 2.45) is 0 Å². The minimum atomic E-state index is 0.0349. The average Bonchev–Trinajstić information content (AvgIpc) is 3.16. The number of nitrogens with one attached hydrogen (secondary N) is 1. The van der Waals surface area contributed by atoms with Gasteiger partial charge in [-0.1, -0.05) is 12.1 Å². The summed E-state index contributed by atoms with van der Waals surface area (Å²) in [5.74, 6) is 0.820. The molecule has 0 aliphatic carbocycles. The summed E-state index contributed by atoms with van der Waals surface area (Å²) >= 11 is 0. The molecule has 6 heteroatoms. The van der Waals surface area contributed by atoms with Gasteiger partial charge in [0.25, 0.3) is 5.91 Å². The molecule has 0 unspecified atom stereocenters. The van der Waals surface area contributed by atoms with E-state index in [0.29, 0.717) is 11.6 Å². The van der Waals surface area contributed by atoms with E-state index in [4.69, 9.17) is 4.42 Å². The Balaban J connectivity index is 1.38. The van der Waals surface area contributed by atoms with Crippen molar-refractivity contribution in [1.29, 1.82) is 0 Å². The van der Waals surface area contributed by atoms with Crippen LogP contribution in [0.1, 0.15) is 23.2 Å². The molecule has 3 heterocycles. The van der Waals surface area contributed by atoms with Gasteiger partial charge in [0.1, 0.15) is 12.1 Å². The first-order chi connectivity index (χ1) is 11.8. The molecule has 0 radical (unpaired) electrons. The second kappa shape index (κ2) is 6.31. The zero-order chi connectivity index (χ0) is 16.4. The van der Waals surface area contributed by atoms with E-state index < -0.39 is 0 Å². The second-order valence-corrected chi connectivity index (χ2v) is 5.97. The fourth-order valence-electron chi connectivity index (χ4n) is 3.03. The summed E-state index contributed by atoms with van der Waals surface area (Å²) in [5.41, 5.74) is 2.39. The monoisotopic (exact) mass is 322 g/mol. The molecule has 1 saturated heterocycles. The predicted molar refractivity (Wildman–Crippen MR) is 90.8 cm³/mol. The lowest BCUT2D eigenvalue weighted by Crippen LogP contribution is -2.42. The summed E-state index contributed by atoms with van der Waals surface area (Å²) in [6, 6.07) is 9.83. The molecule has 122 valence electrons. The summed E-state index contributed by atoms with van der Waals surface area (Å²) in [4.78, 5) is 23.2. The molecule has 0 bridgehead atoms. The molecule has 2 aromatic heterocycles. The Kier molecular flexibility index (Phi) is 3.86. The fourth-order valence-corrected chi connectivity index (χ4v) is 3.03. The van der Waals surface area contributed by atoms with Crippen LogP contribution in [-0.2, 0) is 0 Å². The highest BCUT2D eigenvalue weighted by atomic mass is 16.3. The highest BCUT2D eigenvalue weighted by molar-refractivity contribution is 5.93. The van der Waals surface area contributed by atoms with Gasteiger partial charge >= 0.3 is 0 Å². The van der Waals surface area contributed by atoms with Crippen LogP contribution in [0, 0.1) is 0 Å². The summed E-state index contributed by atoms with van der Waals surface area (Å²) in [7, 11) is 0. The normalized spacial score (nSPS) is 15.6. The number of para-hydroxylation sites is 2. The number of carbonyl (C=O) groups excluding carboxylic acids is 1. The van der Waals surface area contributed by atoms with Crippen molar-refractivity contribution < 1.29 is 9.21 Å². The second-order valence-electron chi connectivity index (χ2n) is 5.97. The zero-order valence-electron chi connectivity index (χ0n) is 13.2. The Morgan fingerprint density at radius 2 is 1.96 bits per heavy atom. The largest absolute Gasteiger partial charge is 0.472 e. The molecule has 3 aromatic rings. The van der Waals surface area contributed by atoms with E-state index in [1.165, 1.54) is 12.5 Å². The van der Waals surface area contributed by atoms with Gasteiger partial charge < -0.3 is 14.6 Å². The van der Waals surface area contributed by atoms with Crippen LogP contribution in [-0.4, -0.2) is 39.9 Å². The molecule has 0 spiro atoms. The van der Waals surface area contributed by atoms with Crippen LogP contribution < -0.4 is 5.32 Å². The van der Waals surface area contributed by atoms with Crippen molar-refractivity contribution in [2.75, 3.05) is 18.4 Å². The lowest BCUT2D eigenvalue weighted by Gasteiger charge is -2.32. The Morgan fingerprint density at radius 1 is 1.17 bits per heavy atom. The minimum Gasteiger partial charge on any atom is -0.472 e. The van der Waals surface area contributed by atoms with Crippen LogP contribution in [0.15, 0.2) is 53.5 Å². The molecule has 1 aliphatic rings. The van der Waals surface area contributed by atoms with Crippen molar-refractivity contribution in [3.8, 4) is 0 Å². The molecule has 1 aliphatic heterocycles. The lowest BCUT2D eigenvalue weighted by molar-refractivity contribution is 0.0717. The third-order valence-electron chi connectivity index (χ3n) is 4.35. The summed E-state index contributed by atoms with van der Waals surface area (Å²) in [6.07, 6.45) is 6.57. The van der Waals surface area contributed by atoms with E-state index in [2.05, 4.69) is 15.3 Å². The van der Waals surface area contributed by atoms with E-state index in [1.54, 1.807) is 12.3 Å². The molecular formula is C18H18N4O2. The number of fused-ring (bicyclic) bond motifs is 1. The number of likely N-dealkylation sites (tertiary alicyclic amines) is 1. The molecule has 24 heavy (non-hydrogen) atoms. The average molecular weight is 322 g/mol. The van der Waals surface area contributed by atoms with Crippen LogP contribution in [0.4, 0.5) is 5.82 Å². The highest BCUT2D eigenvalue weighted by Crippen LogP contribution is 2.18. The predicted octanol–water partition coefficient (Wildman–Crippen LogP) is 2.94.